The summed E-state index contributed by atoms with van der Waals surface area (Å²) in [4.78, 5) is 89.7. The molecule has 0 spiro atoms. The number of aliphatic hydroxyl groups excluding tert-OH is 2. The zero-order valence-electron chi connectivity index (χ0n) is 50.2. The van der Waals surface area contributed by atoms with Crippen molar-refractivity contribution < 1.29 is 57.9 Å². The first kappa shape index (κ1) is 63.3. The van der Waals surface area contributed by atoms with E-state index in [1.807, 2.05) is 138 Å². The number of hydrogen-bond donors (Lipinski definition) is 2. The smallest absolute Gasteiger partial charge is 0.235 e. The molecule has 16 heteroatoms. The van der Waals surface area contributed by atoms with E-state index in [-0.39, 0.29) is 22.7 Å². The van der Waals surface area contributed by atoms with Gasteiger partial charge in [0.05, 0.1) is 37.5 Å². The summed E-state index contributed by atoms with van der Waals surface area (Å²) in [5.74, 6) is -2.98. The van der Waals surface area contributed by atoms with Gasteiger partial charge in [-0.15, -0.1) is 0 Å². The quantitative estimate of drug-likeness (QED) is 0.0352. The molecule has 2 heterocycles. The predicted octanol–water partition coefficient (Wildman–Crippen LogP) is 8.34. The number of carbonyl (C=O) groups is 6. The molecule has 0 bridgehead atoms. The number of aliphatic hydroxyl groups is 2. The molecule has 85 heavy (non-hydrogen) atoms. The molecule has 2 aliphatic heterocycles. The van der Waals surface area contributed by atoms with Crippen LogP contribution in [0, 0.1) is 0 Å². The number of hydrogen-bond acceptors (Lipinski definition) is 16. The van der Waals surface area contributed by atoms with E-state index >= 15 is 0 Å². The second kappa shape index (κ2) is 28.0. The van der Waals surface area contributed by atoms with Gasteiger partial charge in [-0.3, -0.25) is 38.6 Å². The third-order valence-corrected chi connectivity index (χ3v) is 17.2. The number of rotatable bonds is 28. The molecule has 0 amide bonds. The second-order valence-electron chi connectivity index (χ2n) is 23.0. The van der Waals surface area contributed by atoms with Crippen molar-refractivity contribution in [2.24, 2.45) is 0 Å². The van der Waals surface area contributed by atoms with Gasteiger partial charge in [0.25, 0.3) is 0 Å². The molecule has 0 aliphatic carbocycles. The molecule has 2 N–H and O–H groups in total. The van der Waals surface area contributed by atoms with E-state index in [0.29, 0.717) is 74.7 Å². The van der Waals surface area contributed by atoms with Crippen LogP contribution in [-0.4, -0.2) is 172 Å². The number of anilines is 2. The molecule has 0 aromatic heterocycles. The minimum atomic E-state index is -1.72. The maximum Gasteiger partial charge on any atom is 0.235 e. The van der Waals surface area contributed by atoms with Gasteiger partial charge in [-0.1, -0.05) is 100 Å². The van der Waals surface area contributed by atoms with E-state index in [4.69, 9.17) is 18.9 Å². The number of Topliss-reactive ketones (excluding diaryl/α,β-unsaturated/α-hetero) is 6. The summed E-state index contributed by atoms with van der Waals surface area (Å²) in [7, 11) is 7.55. The van der Waals surface area contributed by atoms with Gasteiger partial charge < -0.3 is 39.0 Å². The molecule has 448 valence electrons. The summed E-state index contributed by atoms with van der Waals surface area (Å²) in [6.45, 7) is 13.0. The van der Waals surface area contributed by atoms with Crippen molar-refractivity contribution in [1.29, 1.82) is 0 Å². The van der Waals surface area contributed by atoms with Crippen LogP contribution >= 0.6 is 0 Å². The fourth-order valence-electron chi connectivity index (χ4n) is 11.3. The molecule has 2 fully saturated rings. The first-order valence-corrected chi connectivity index (χ1v) is 29.2. The van der Waals surface area contributed by atoms with Gasteiger partial charge in [-0.2, -0.15) is 0 Å². The minimum absolute atomic E-state index is 0.0130. The summed E-state index contributed by atoms with van der Waals surface area (Å²) in [5, 5.41) is 21.6. The van der Waals surface area contributed by atoms with E-state index in [9.17, 15) is 39.0 Å². The van der Waals surface area contributed by atoms with Crippen molar-refractivity contribution in [2.75, 3.05) is 104 Å². The highest BCUT2D eigenvalue weighted by Crippen LogP contribution is 2.35. The van der Waals surface area contributed by atoms with Crippen LogP contribution in [0.5, 0.6) is 11.5 Å². The van der Waals surface area contributed by atoms with E-state index < -0.39 is 65.0 Å². The van der Waals surface area contributed by atoms with Gasteiger partial charge in [-0.05, 0) is 149 Å². The van der Waals surface area contributed by atoms with Crippen molar-refractivity contribution in [1.82, 2.24) is 9.80 Å². The van der Waals surface area contributed by atoms with E-state index in [1.165, 1.54) is 0 Å². The van der Waals surface area contributed by atoms with Gasteiger partial charge in [0.15, 0.2) is 23.8 Å². The Hall–Kier alpha value is -7.70. The van der Waals surface area contributed by atoms with E-state index in [2.05, 4.69) is 9.80 Å². The number of ether oxygens (including phenoxy) is 4. The molecule has 2 aliphatic rings. The Morgan fingerprint density at radius 3 is 1.07 bits per heavy atom. The second-order valence-corrected chi connectivity index (χ2v) is 23.0. The van der Waals surface area contributed by atoms with Crippen molar-refractivity contribution in [3.05, 3.63) is 190 Å². The van der Waals surface area contributed by atoms with Crippen molar-refractivity contribution in [3.63, 3.8) is 0 Å². The number of carbonyl (C=O) groups excluding carboxylic acids is 6. The Morgan fingerprint density at radius 1 is 0.471 bits per heavy atom. The van der Waals surface area contributed by atoms with Crippen LogP contribution in [0.25, 0.3) is 0 Å². The number of nitrogens with zero attached hydrogens (tertiary/aromatic N) is 4. The molecular formula is C69H80N4O12. The fourth-order valence-corrected chi connectivity index (χ4v) is 11.3. The third-order valence-electron chi connectivity index (χ3n) is 17.2. The molecule has 8 rings (SSSR count). The van der Waals surface area contributed by atoms with E-state index in [1.54, 1.807) is 72.8 Å². The summed E-state index contributed by atoms with van der Waals surface area (Å²) in [6.07, 6.45) is -1.62. The lowest BCUT2D eigenvalue weighted by atomic mass is 9.78. The zero-order valence-corrected chi connectivity index (χ0v) is 50.2. The van der Waals surface area contributed by atoms with Gasteiger partial charge in [0.2, 0.25) is 23.1 Å². The SMILES string of the molecule is CCC(Cc1ccc(C(=O)C(=O)C(O)COc2ccc(C(C)(C)c3ccc(OCC(O)C(=O)C(=O)c4ccc(CC(CC)(C(=O)c5ccc(N6CCOCC6)cc5)N(C)C)cc4)cc3)cc2)cc1)(C(=O)c1ccc(N2CCOCC2)cc1)N(C)C. The highest BCUT2D eigenvalue weighted by molar-refractivity contribution is 6.45. The minimum Gasteiger partial charge on any atom is -0.490 e. The number of benzene rings is 6. The molecular weight excluding hydrogens is 1080 g/mol. The van der Waals surface area contributed by atoms with Crippen LogP contribution in [0.2, 0.25) is 0 Å². The first-order valence-electron chi connectivity index (χ1n) is 29.2. The molecule has 6 aromatic carbocycles. The lowest BCUT2D eigenvalue weighted by Gasteiger charge is -2.38. The summed E-state index contributed by atoms with van der Waals surface area (Å²) < 4.78 is 22.5. The summed E-state index contributed by atoms with van der Waals surface area (Å²) in [5.41, 5.74) is 4.74. The van der Waals surface area contributed by atoms with Crippen molar-refractivity contribution >= 4 is 46.1 Å². The largest absolute Gasteiger partial charge is 0.490 e. The lowest BCUT2D eigenvalue weighted by Crippen LogP contribution is -2.52. The molecule has 0 saturated carbocycles. The molecule has 0 radical (unpaired) electrons. The van der Waals surface area contributed by atoms with Crippen LogP contribution in [0.15, 0.2) is 146 Å². The highest BCUT2D eigenvalue weighted by Gasteiger charge is 2.41. The van der Waals surface area contributed by atoms with Crippen molar-refractivity contribution in [2.45, 2.75) is 82.1 Å². The first-order chi connectivity index (χ1) is 40.7. The van der Waals surface area contributed by atoms with Crippen LogP contribution in [0.1, 0.15) is 104 Å². The Balaban J connectivity index is 0.792. The number of likely N-dealkylation sites (N-methyl/N-ethyl adjacent to an activating group) is 2. The van der Waals surface area contributed by atoms with Crippen LogP contribution in [0.3, 0.4) is 0 Å². The Morgan fingerprint density at radius 2 is 0.776 bits per heavy atom. The molecule has 4 atom stereocenters. The van der Waals surface area contributed by atoms with Crippen LogP contribution in [-0.2, 0) is 37.3 Å². The van der Waals surface area contributed by atoms with Gasteiger partial charge >= 0.3 is 0 Å². The number of morpholine rings is 2. The van der Waals surface area contributed by atoms with E-state index in [0.717, 1.165) is 59.8 Å². The zero-order chi connectivity index (χ0) is 61.1. The van der Waals surface area contributed by atoms with Gasteiger partial charge in [0, 0.05) is 65.2 Å². The highest BCUT2D eigenvalue weighted by atomic mass is 16.5. The van der Waals surface area contributed by atoms with Crippen LogP contribution in [0.4, 0.5) is 11.4 Å². The van der Waals surface area contributed by atoms with Crippen molar-refractivity contribution in [3.8, 4) is 11.5 Å². The molecule has 4 unspecified atom stereocenters. The fraction of sp³-hybridized carbons (Fsp3) is 0.391. The standard InChI is InChI=1S/C69H80N4O12/c1-9-68(70(5)6,65(80)51-19-27-55(28-20-51)72-35-39-82-40-36-72)43-47-11-15-49(16-12-47)61(76)63(78)59(74)45-84-57-31-23-53(24-32-57)67(3,4)54-25-33-58(34-26-54)85-46-60(75)64(79)62(77)50-17-13-48(14-18-50)44-69(10-2,71(7)8)66(81)52-21-29-56(30-22-52)73-37-41-83-42-38-73/h11-34,59-60,74-75H,9-10,35-46H2,1-8H3. The summed E-state index contributed by atoms with van der Waals surface area (Å²) >= 11 is 0. The Kier molecular flexibility index (Phi) is 20.9. The lowest BCUT2D eigenvalue weighted by molar-refractivity contribution is -0.124. The Labute approximate surface area is 499 Å². The maximum absolute atomic E-state index is 14.2. The third kappa shape index (κ3) is 14.5. The average Bonchev–Trinajstić information content (AvgIpc) is 3.74. The molecule has 6 aromatic rings. The number of ketones is 6. The normalized spacial score (nSPS) is 16.0. The monoisotopic (exact) mass is 1160 g/mol. The average molecular weight is 1160 g/mol. The predicted molar refractivity (Wildman–Crippen MR) is 328 cm³/mol. The van der Waals surface area contributed by atoms with Gasteiger partial charge in [0.1, 0.15) is 24.7 Å². The molecule has 2 saturated heterocycles. The van der Waals surface area contributed by atoms with Gasteiger partial charge in [-0.25, -0.2) is 0 Å². The Bertz CT molecular complexity index is 3040. The summed E-state index contributed by atoms with van der Waals surface area (Å²) in [6, 6.07) is 42.9. The maximum atomic E-state index is 14.2. The topological polar surface area (TPSA) is 193 Å². The van der Waals surface area contributed by atoms with Crippen LogP contribution < -0.4 is 19.3 Å². The molecule has 16 nitrogen and oxygen atoms in total.